The van der Waals surface area contributed by atoms with E-state index in [9.17, 15) is 4.79 Å². The van der Waals surface area contributed by atoms with E-state index in [-0.39, 0.29) is 12.5 Å². The van der Waals surface area contributed by atoms with Gasteiger partial charge in [-0.05, 0) is 47.9 Å². The summed E-state index contributed by atoms with van der Waals surface area (Å²) in [7, 11) is 0. The van der Waals surface area contributed by atoms with Gasteiger partial charge < -0.3 is 16.2 Å². The number of carbonyl (C=O) groups excluding carboxylic acids is 1. The number of nitrogens with one attached hydrogen (secondary N) is 1. The van der Waals surface area contributed by atoms with E-state index in [0.717, 1.165) is 16.8 Å². The third-order valence-electron chi connectivity index (χ3n) is 2.99. The Morgan fingerprint density at radius 2 is 1.76 bits per heavy atom. The number of nitrogen functional groups attached to an aromatic ring is 1. The zero-order valence-corrected chi connectivity index (χ0v) is 11.6. The summed E-state index contributed by atoms with van der Waals surface area (Å²) in [6.45, 7) is 0.121. The van der Waals surface area contributed by atoms with Crippen molar-refractivity contribution in [2.75, 3.05) is 17.7 Å². The lowest BCUT2D eigenvalue weighted by Gasteiger charge is -2.03. The first-order chi connectivity index (χ1) is 10.2. The number of rotatable bonds is 5. The normalized spacial score (nSPS) is 10.7. The van der Waals surface area contributed by atoms with Crippen molar-refractivity contribution in [3.8, 4) is 0 Å². The zero-order chi connectivity index (χ0) is 15.1. The molecule has 0 unspecified atom stereocenters. The second-order valence-corrected chi connectivity index (χ2v) is 4.66. The van der Waals surface area contributed by atoms with Crippen LogP contribution in [0.2, 0.25) is 0 Å². The summed E-state index contributed by atoms with van der Waals surface area (Å²) in [6, 6.07) is 14.7. The molecule has 0 atom stereocenters. The molecule has 4 heteroatoms. The number of aliphatic hydroxyl groups is 1. The number of carbonyl (C=O) groups is 1. The second-order valence-electron chi connectivity index (χ2n) is 4.66. The summed E-state index contributed by atoms with van der Waals surface area (Å²) in [5, 5.41) is 11.6. The van der Waals surface area contributed by atoms with Gasteiger partial charge in [0.2, 0.25) is 5.91 Å². The highest BCUT2D eigenvalue weighted by Gasteiger charge is 1.98. The van der Waals surface area contributed by atoms with Gasteiger partial charge in [0.15, 0.2) is 0 Å². The molecule has 0 heterocycles. The molecule has 0 bridgehead atoms. The van der Waals surface area contributed by atoms with Crippen LogP contribution in [-0.2, 0) is 11.2 Å². The Balaban J connectivity index is 1.93. The molecule has 0 fully saturated rings. The zero-order valence-electron chi connectivity index (χ0n) is 11.6. The standard InChI is InChI=1S/C17H18N2O2/c18-15-6-1-13(2-7-15)5-10-17(21)19-16-8-3-14(4-9-16)11-12-20/h1-10,20H,11-12,18H2,(H,19,21)/b10-5+. The van der Waals surface area contributed by atoms with Crippen molar-refractivity contribution in [3.63, 3.8) is 0 Å². The summed E-state index contributed by atoms with van der Waals surface area (Å²) in [5.74, 6) is -0.193. The molecular weight excluding hydrogens is 264 g/mol. The number of hydrogen-bond acceptors (Lipinski definition) is 3. The van der Waals surface area contributed by atoms with Crippen LogP contribution >= 0.6 is 0 Å². The molecule has 0 aliphatic rings. The number of amides is 1. The van der Waals surface area contributed by atoms with Gasteiger partial charge in [-0.25, -0.2) is 0 Å². The van der Waals surface area contributed by atoms with Crippen LogP contribution in [0.15, 0.2) is 54.6 Å². The molecule has 0 radical (unpaired) electrons. The fourth-order valence-corrected chi connectivity index (χ4v) is 1.85. The van der Waals surface area contributed by atoms with E-state index >= 15 is 0 Å². The van der Waals surface area contributed by atoms with Crippen molar-refractivity contribution in [1.82, 2.24) is 0 Å². The first-order valence-corrected chi connectivity index (χ1v) is 6.72. The maximum Gasteiger partial charge on any atom is 0.248 e. The van der Waals surface area contributed by atoms with Crippen LogP contribution in [0.5, 0.6) is 0 Å². The van der Waals surface area contributed by atoms with Gasteiger partial charge in [-0.15, -0.1) is 0 Å². The van der Waals surface area contributed by atoms with E-state index in [2.05, 4.69) is 5.32 Å². The van der Waals surface area contributed by atoms with Crippen LogP contribution < -0.4 is 11.1 Å². The maximum absolute atomic E-state index is 11.8. The monoisotopic (exact) mass is 282 g/mol. The van der Waals surface area contributed by atoms with E-state index in [1.165, 1.54) is 6.08 Å². The molecule has 0 aromatic heterocycles. The predicted octanol–water partition coefficient (Wildman–Crippen LogP) is 2.46. The first kappa shape index (κ1) is 14.8. The molecule has 2 rings (SSSR count). The molecule has 2 aromatic carbocycles. The highest BCUT2D eigenvalue weighted by Crippen LogP contribution is 2.11. The Morgan fingerprint density at radius 1 is 1.10 bits per heavy atom. The first-order valence-electron chi connectivity index (χ1n) is 6.72. The quantitative estimate of drug-likeness (QED) is 0.582. The van der Waals surface area contributed by atoms with Crippen molar-refractivity contribution in [1.29, 1.82) is 0 Å². The van der Waals surface area contributed by atoms with Gasteiger partial charge in [-0.2, -0.15) is 0 Å². The number of benzene rings is 2. The largest absolute Gasteiger partial charge is 0.399 e. The SMILES string of the molecule is Nc1ccc(/C=C/C(=O)Nc2ccc(CCO)cc2)cc1. The van der Waals surface area contributed by atoms with Crippen LogP contribution in [-0.4, -0.2) is 17.6 Å². The Bertz CT molecular complexity index is 616. The maximum atomic E-state index is 11.8. The molecule has 0 spiro atoms. The van der Waals surface area contributed by atoms with Gasteiger partial charge in [0, 0.05) is 24.1 Å². The lowest BCUT2D eigenvalue weighted by Crippen LogP contribution is -2.07. The average molecular weight is 282 g/mol. The van der Waals surface area contributed by atoms with Crippen molar-refractivity contribution in [2.45, 2.75) is 6.42 Å². The molecule has 4 N–H and O–H groups in total. The van der Waals surface area contributed by atoms with Gasteiger partial charge in [0.1, 0.15) is 0 Å². The van der Waals surface area contributed by atoms with Crippen molar-refractivity contribution in [3.05, 3.63) is 65.7 Å². The second kappa shape index (κ2) is 7.26. The van der Waals surface area contributed by atoms with Crippen LogP contribution in [0.1, 0.15) is 11.1 Å². The molecule has 108 valence electrons. The molecule has 0 saturated carbocycles. The topological polar surface area (TPSA) is 75.4 Å². The highest BCUT2D eigenvalue weighted by molar-refractivity contribution is 6.01. The third-order valence-corrected chi connectivity index (χ3v) is 2.99. The van der Waals surface area contributed by atoms with E-state index in [1.807, 2.05) is 36.4 Å². The van der Waals surface area contributed by atoms with Crippen LogP contribution in [0.25, 0.3) is 6.08 Å². The minimum absolute atomic E-state index is 0.121. The Morgan fingerprint density at radius 3 is 2.38 bits per heavy atom. The molecular formula is C17H18N2O2. The fraction of sp³-hybridized carbons (Fsp3) is 0.118. The van der Waals surface area contributed by atoms with Crippen LogP contribution in [0.4, 0.5) is 11.4 Å². The number of nitrogens with two attached hydrogens (primary N) is 1. The van der Waals surface area contributed by atoms with E-state index in [0.29, 0.717) is 12.1 Å². The summed E-state index contributed by atoms with van der Waals surface area (Å²) in [5.41, 5.74) is 8.97. The van der Waals surface area contributed by atoms with E-state index < -0.39 is 0 Å². The lowest BCUT2D eigenvalue weighted by atomic mass is 10.1. The van der Waals surface area contributed by atoms with E-state index in [4.69, 9.17) is 10.8 Å². The summed E-state index contributed by atoms with van der Waals surface area (Å²) in [6.07, 6.45) is 3.83. The van der Waals surface area contributed by atoms with Crippen molar-refractivity contribution < 1.29 is 9.90 Å². The molecule has 21 heavy (non-hydrogen) atoms. The number of hydrogen-bond donors (Lipinski definition) is 3. The number of aliphatic hydroxyl groups excluding tert-OH is 1. The molecule has 0 aliphatic carbocycles. The van der Waals surface area contributed by atoms with Gasteiger partial charge in [0.05, 0.1) is 0 Å². The summed E-state index contributed by atoms with van der Waals surface area (Å²) < 4.78 is 0. The Hall–Kier alpha value is -2.59. The molecule has 4 nitrogen and oxygen atoms in total. The molecule has 1 amide bonds. The van der Waals surface area contributed by atoms with Gasteiger partial charge in [0.25, 0.3) is 0 Å². The summed E-state index contributed by atoms with van der Waals surface area (Å²) >= 11 is 0. The minimum Gasteiger partial charge on any atom is -0.399 e. The van der Waals surface area contributed by atoms with Gasteiger partial charge >= 0.3 is 0 Å². The van der Waals surface area contributed by atoms with Crippen LogP contribution in [0.3, 0.4) is 0 Å². The molecule has 0 saturated heterocycles. The number of anilines is 2. The summed E-state index contributed by atoms with van der Waals surface area (Å²) in [4.78, 5) is 11.8. The molecule has 0 aliphatic heterocycles. The van der Waals surface area contributed by atoms with Crippen molar-refractivity contribution >= 4 is 23.4 Å². The third kappa shape index (κ3) is 4.78. The minimum atomic E-state index is -0.193. The predicted molar refractivity (Wildman–Crippen MR) is 85.7 cm³/mol. The highest BCUT2D eigenvalue weighted by atomic mass is 16.2. The van der Waals surface area contributed by atoms with Gasteiger partial charge in [-0.3, -0.25) is 4.79 Å². The Labute approximate surface area is 123 Å². The fourth-order valence-electron chi connectivity index (χ4n) is 1.85. The van der Waals surface area contributed by atoms with E-state index in [1.54, 1.807) is 18.2 Å². The van der Waals surface area contributed by atoms with Crippen LogP contribution in [0, 0.1) is 0 Å². The average Bonchev–Trinajstić information content (AvgIpc) is 2.49. The van der Waals surface area contributed by atoms with Gasteiger partial charge in [-0.1, -0.05) is 24.3 Å². The lowest BCUT2D eigenvalue weighted by molar-refractivity contribution is -0.111. The molecule has 2 aromatic rings. The van der Waals surface area contributed by atoms with Crippen molar-refractivity contribution in [2.24, 2.45) is 0 Å². The Kier molecular flexibility index (Phi) is 5.12. The smallest absolute Gasteiger partial charge is 0.248 e.